The normalized spacial score (nSPS) is 11.0. The second-order valence-corrected chi connectivity index (χ2v) is 6.34. The Hall–Kier alpha value is -3.94. The molecule has 0 aliphatic carbocycles. The highest BCUT2D eigenvalue weighted by atomic mass is 16.5. The molecule has 0 atom stereocenters. The SMILES string of the molecule is CCOC(=O)c1ccc(N=Cc2c(O)n(-c3ccccc3CC)c(=O)[nH]c2=O)cc1. The van der Waals surface area contributed by atoms with E-state index in [4.69, 9.17) is 4.74 Å². The number of H-pyrrole nitrogens is 1. The van der Waals surface area contributed by atoms with Crippen LogP contribution < -0.4 is 11.2 Å². The molecule has 0 saturated heterocycles. The quantitative estimate of drug-likeness (QED) is 0.482. The number of aromatic hydroxyl groups is 1. The maximum atomic E-state index is 12.4. The second kappa shape index (κ2) is 9.04. The zero-order chi connectivity index (χ0) is 21.7. The molecule has 8 nitrogen and oxygen atoms in total. The van der Waals surface area contributed by atoms with Crippen molar-refractivity contribution in [2.24, 2.45) is 4.99 Å². The van der Waals surface area contributed by atoms with Gasteiger partial charge in [0.05, 0.1) is 23.5 Å². The fraction of sp³-hybridized carbons (Fsp3) is 0.182. The number of ether oxygens (including phenoxy) is 1. The third-order valence-electron chi connectivity index (χ3n) is 4.46. The van der Waals surface area contributed by atoms with Gasteiger partial charge >= 0.3 is 11.7 Å². The summed E-state index contributed by atoms with van der Waals surface area (Å²) >= 11 is 0. The Morgan fingerprint density at radius 2 is 1.83 bits per heavy atom. The topological polar surface area (TPSA) is 114 Å². The zero-order valence-corrected chi connectivity index (χ0v) is 16.6. The number of esters is 1. The van der Waals surface area contributed by atoms with Crippen molar-refractivity contribution in [3.8, 4) is 11.6 Å². The van der Waals surface area contributed by atoms with E-state index >= 15 is 0 Å². The number of aliphatic imine (C=N–C) groups is 1. The molecule has 0 aliphatic heterocycles. The van der Waals surface area contributed by atoms with Gasteiger partial charge in [-0.25, -0.2) is 14.2 Å². The number of nitrogens with one attached hydrogen (secondary N) is 1. The van der Waals surface area contributed by atoms with E-state index in [0.29, 0.717) is 23.4 Å². The van der Waals surface area contributed by atoms with Crippen molar-refractivity contribution in [1.29, 1.82) is 0 Å². The van der Waals surface area contributed by atoms with Crippen LogP contribution in [0.15, 0.2) is 63.1 Å². The smallest absolute Gasteiger partial charge is 0.338 e. The number of carbonyl (C=O) groups is 1. The Kier molecular flexibility index (Phi) is 6.26. The molecule has 0 fully saturated rings. The summed E-state index contributed by atoms with van der Waals surface area (Å²) in [7, 11) is 0. The summed E-state index contributed by atoms with van der Waals surface area (Å²) in [5.74, 6) is -0.944. The third-order valence-corrected chi connectivity index (χ3v) is 4.46. The van der Waals surface area contributed by atoms with Gasteiger partial charge in [-0.1, -0.05) is 25.1 Å². The highest BCUT2D eigenvalue weighted by molar-refractivity contribution is 5.90. The number of aromatic amines is 1. The maximum Gasteiger partial charge on any atom is 0.338 e. The number of hydrogen-bond acceptors (Lipinski definition) is 6. The van der Waals surface area contributed by atoms with E-state index in [1.165, 1.54) is 6.21 Å². The van der Waals surface area contributed by atoms with Gasteiger partial charge in [0.2, 0.25) is 5.88 Å². The highest BCUT2D eigenvalue weighted by Gasteiger charge is 2.16. The second-order valence-electron chi connectivity index (χ2n) is 6.34. The van der Waals surface area contributed by atoms with E-state index in [2.05, 4.69) is 9.98 Å². The van der Waals surface area contributed by atoms with Crippen LogP contribution in [0.25, 0.3) is 5.69 Å². The summed E-state index contributed by atoms with van der Waals surface area (Å²) in [5, 5.41) is 10.7. The Morgan fingerprint density at radius 1 is 1.13 bits per heavy atom. The van der Waals surface area contributed by atoms with Gasteiger partial charge in [-0.15, -0.1) is 0 Å². The van der Waals surface area contributed by atoms with Crippen LogP contribution in [0.2, 0.25) is 0 Å². The van der Waals surface area contributed by atoms with Crippen LogP contribution in [0, 0.1) is 0 Å². The van der Waals surface area contributed by atoms with Crippen molar-refractivity contribution in [3.05, 3.63) is 86.1 Å². The number of hydrogen-bond donors (Lipinski definition) is 2. The molecule has 1 aromatic heterocycles. The number of carbonyl (C=O) groups excluding carboxylic acids is 1. The summed E-state index contributed by atoms with van der Waals surface area (Å²) in [5.41, 5.74) is 0.486. The van der Waals surface area contributed by atoms with E-state index < -0.39 is 23.1 Å². The molecular formula is C22H21N3O5. The molecule has 0 aliphatic rings. The Bertz CT molecular complexity index is 1210. The van der Waals surface area contributed by atoms with Gasteiger partial charge < -0.3 is 9.84 Å². The number of benzene rings is 2. The summed E-state index contributed by atoms with van der Waals surface area (Å²) in [6.07, 6.45) is 1.81. The molecule has 3 rings (SSSR count). The van der Waals surface area contributed by atoms with Crippen molar-refractivity contribution in [3.63, 3.8) is 0 Å². The van der Waals surface area contributed by atoms with Crippen molar-refractivity contribution >= 4 is 17.9 Å². The lowest BCUT2D eigenvalue weighted by atomic mass is 10.1. The molecule has 0 spiro atoms. The van der Waals surface area contributed by atoms with E-state index in [1.54, 1.807) is 43.3 Å². The van der Waals surface area contributed by atoms with Crippen LogP contribution in [0.5, 0.6) is 5.88 Å². The van der Waals surface area contributed by atoms with Gasteiger partial charge in [0.15, 0.2) is 0 Å². The standard InChI is InChI=1S/C22H21N3O5/c1-3-14-7-5-6-8-18(14)25-20(27)17(19(26)24-22(25)29)13-23-16-11-9-15(10-12-16)21(28)30-4-2/h5-13,27H,3-4H2,1-2H3,(H,24,26,29). The molecule has 3 aromatic rings. The molecule has 30 heavy (non-hydrogen) atoms. The molecule has 1 heterocycles. The number of aryl methyl sites for hydroxylation is 1. The van der Waals surface area contributed by atoms with Gasteiger partial charge in [-0.2, -0.15) is 0 Å². The van der Waals surface area contributed by atoms with E-state index in [1.807, 2.05) is 19.1 Å². The predicted molar refractivity (Wildman–Crippen MR) is 113 cm³/mol. The largest absolute Gasteiger partial charge is 0.493 e. The van der Waals surface area contributed by atoms with Crippen LogP contribution >= 0.6 is 0 Å². The molecule has 2 N–H and O–H groups in total. The number of aromatic nitrogens is 2. The Balaban J connectivity index is 2.00. The van der Waals surface area contributed by atoms with E-state index in [9.17, 15) is 19.5 Å². The first-order valence-corrected chi connectivity index (χ1v) is 9.44. The molecule has 8 heteroatoms. The van der Waals surface area contributed by atoms with Gasteiger partial charge in [-0.05, 0) is 49.2 Å². The minimum atomic E-state index is -0.755. The van der Waals surface area contributed by atoms with Gasteiger partial charge in [0.25, 0.3) is 5.56 Å². The Morgan fingerprint density at radius 3 is 2.50 bits per heavy atom. The fourth-order valence-corrected chi connectivity index (χ4v) is 2.94. The van der Waals surface area contributed by atoms with Gasteiger partial charge in [0, 0.05) is 6.21 Å². The first kappa shape index (κ1) is 20.8. The first-order valence-electron chi connectivity index (χ1n) is 9.44. The van der Waals surface area contributed by atoms with Crippen molar-refractivity contribution < 1.29 is 14.6 Å². The van der Waals surface area contributed by atoms with Crippen LogP contribution in [0.3, 0.4) is 0 Å². The monoisotopic (exact) mass is 407 g/mol. The van der Waals surface area contributed by atoms with Gasteiger partial charge in [-0.3, -0.25) is 14.8 Å². The lowest BCUT2D eigenvalue weighted by molar-refractivity contribution is 0.0526. The highest BCUT2D eigenvalue weighted by Crippen LogP contribution is 2.20. The number of nitrogens with zero attached hydrogens (tertiary/aromatic N) is 2. The predicted octanol–water partition coefficient (Wildman–Crippen LogP) is 2.72. The van der Waals surface area contributed by atoms with Gasteiger partial charge in [0.1, 0.15) is 5.56 Å². The summed E-state index contributed by atoms with van der Waals surface area (Å²) in [4.78, 5) is 42.7. The van der Waals surface area contributed by atoms with Crippen LogP contribution in [0.1, 0.15) is 35.3 Å². The van der Waals surface area contributed by atoms with E-state index in [-0.39, 0.29) is 12.2 Å². The molecule has 154 valence electrons. The third kappa shape index (κ3) is 4.22. The molecular weight excluding hydrogens is 386 g/mol. The van der Waals surface area contributed by atoms with Crippen molar-refractivity contribution in [2.75, 3.05) is 6.61 Å². The van der Waals surface area contributed by atoms with Crippen LogP contribution in [-0.2, 0) is 11.2 Å². The van der Waals surface area contributed by atoms with E-state index in [0.717, 1.165) is 10.1 Å². The summed E-state index contributed by atoms with van der Waals surface area (Å²) < 4.78 is 5.97. The molecule has 0 bridgehead atoms. The van der Waals surface area contributed by atoms with Crippen molar-refractivity contribution in [1.82, 2.24) is 9.55 Å². The number of rotatable bonds is 6. The lowest BCUT2D eigenvalue weighted by Gasteiger charge is -2.13. The van der Waals surface area contributed by atoms with Crippen LogP contribution in [-0.4, -0.2) is 33.4 Å². The first-order chi connectivity index (χ1) is 14.5. The summed E-state index contributed by atoms with van der Waals surface area (Å²) in [6, 6.07) is 13.4. The molecule has 0 radical (unpaired) electrons. The number of para-hydroxylation sites is 1. The average Bonchev–Trinajstić information content (AvgIpc) is 2.74. The average molecular weight is 407 g/mol. The minimum absolute atomic E-state index is 0.157. The van der Waals surface area contributed by atoms with Crippen molar-refractivity contribution in [2.45, 2.75) is 20.3 Å². The lowest BCUT2D eigenvalue weighted by Crippen LogP contribution is -2.31. The summed E-state index contributed by atoms with van der Waals surface area (Å²) in [6.45, 7) is 3.92. The fourth-order valence-electron chi connectivity index (χ4n) is 2.94. The Labute approximate surface area is 172 Å². The zero-order valence-electron chi connectivity index (χ0n) is 16.6. The molecule has 2 aromatic carbocycles. The molecule has 0 saturated carbocycles. The molecule has 0 unspecified atom stereocenters. The maximum absolute atomic E-state index is 12.4. The minimum Gasteiger partial charge on any atom is -0.493 e. The molecule has 0 amide bonds. The van der Waals surface area contributed by atoms with Crippen LogP contribution in [0.4, 0.5) is 5.69 Å².